The van der Waals surface area contributed by atoms with Gasteiger partial charge in [-0.05, 0) is 6.42 Å². The molecule has 8 heteroatoms. The first-order valence-corrected chi connectivity index (χ1v) is 5.44. The molecule has 0 radical (unpaired) electrons. The van der Waals surface area contributed by atoms with Gasteiger partial charge < -0.3 is 9.84 Å². The fourth-order valence-corrected chi connectivity index (χ4v) is 1.11. The van der Waals surface area contributed by atoms with Crippen molar-refractivity contribution in [1.29, 1.82) is 0 Å². The molecule has 0 bridgehead atoms. The van der Waals surface area contributed by atoms with Crippen LogP contribution < -0.4 is 0 Å². The van der Waals surface area contributed by atoms with Gasteiger partial charge in [-0.15, -0.1) is 0 Å². The fourth-order valence-electron chi connectivity index (χ4n) is 1.11. The van der Waals surface area contributed by atoms with Crippen molar-refractivity contribution in [3.63, 3.8) is 0 Å². The molecule has 0 rings (SSSR count). The van der Waals surface area contributed by atoms with Crippen molar-refractivity contribution in [2.45, 2.75) is 44.0 Å². The zero-order chi connectivity index (χ0) is 14.4. The van der Waals surface area contributed by atoms with Crippen LogP contribution in [0.5, 0.6) is 0 Å². The Kier molecular flexibility index (Phi) is 6.42. The topological polar surface area (TPSA) is 29.5 Å². The Labute approximate surface area is 101 Å². The minimum atomic E-state index is -5.65. The van der Waals surface area contributed by atoms with Crippen LogP contribution in [0.3, 0.4) is 0 Å². The highest BCUT2D eigenvalue weighted by molar-refractivity contribution is 4.96. The van der Waals surface area contributed by atoms with Gasteiger partial charge in [-0.3, -0.25) is 0 Å². The lowest BCUT2D eigenvalue weighted by Gasteiger charge is -2.31. The normalized spacial score (nSPS) is 14.0. The minimum Gasteiger partial charge on any atom is -0.390 e. The molecule has 0 saturated carbocycles. The average molecular weight is 282 g/mol. The molecule has 0 spiro atoms. The molecule has 110 valence electrons. The van der Waals surface area contributed by atoms with Crippen molar-refractivity contribution in [1.82, 2.24) is 0 Å². The van der Waals surface area contributed by atoms with Crippen LogP contribution in [0.4, 0.5) is 26.3 Å². The van der Waals surface area contributed by atoms with Gasteiger partial charge in [-0.1, -0.05) is 19.8 Å². The van der Waals surface area contributed by atoms with Crippen LogP contribution in [0.1, 0.15) is 26.2 Å². The van der Waals surface area contributed by atoms with Crippen LogP contribution in [0.15, 0.2) is 0 Å². The maximum atomic E-state index is 12.9. The summed E-state index contributed by atoms with van der Waals surface area (Å²) in [5, 5.41) is 8.03. The molecule has 0 atom stereocenters. The van der Waals surface area contributed by atoms with Gasteiger partial charge in [0, 0.05) is 6.61 Å². The fraction of sp³-hybridized carbons (Fsp3) is 1.00. The Morgan fingerprint density at radius 3 is 1.94 bits per heavy atom. The molecule has 0 aliphatic carbocycles. The standard InChI is InChI=1S/C10H16F6O2/c1-2-3-4-5-18-7-9(13,14)10(15,16)8(11,12)6-17/h17H,2-7H2,1H3. The van der Waals surface area contributed by atoms with E-state index >= 15 is 0 Å². The predicted octanol–water partition coefficient (Wildman–Crippen LogP) is 3.09. The minimum absolute atomic E-state index is 0.204. The number of ether oxygens (including phenoxy) is 1. The van der Waals surface area contributed by atoms with Crippen molar-refractivity contribution >= 4 is 0 Å². The van der Waals surface area contributed by atoms with Gasteiger partial charge in [0.1, 0.15) is 13.2 Å². The van der Waals surface area contributed by atoms with Gasteiger partial charge in [0.25, 0.3) is 0 Å². The lowest BCUT2D eigenvalue weighted by atomic mass is 10.1. The molecule has 0 aliphatic heterocycles. The van der Waals surface area contributed by atoms with Crippen LogP contribution in [-0.2, 0) is 4.74 Å². The smallest absolute Gasteiger partial charge is 0.376 e. The van der Waals surface area contributed by atoms with Crippen LogP contribution in [0, 0.1) is 0 Å². The lowest BCUT2D eigenvalue weighted by molar-refractivity contribution is -0.326. The molecule has 18 heavy (non-hydrogen) atoms. The number of alkyl halides is 6. The Bertz CT molecular complexity index is 245. The van der Waals surface area contributed by atoms with E-state index in [2.05, 4.69) is 4.74 Å². The van der Waals surface area contributed by atoms with Gasteiger partial charge in [0.15, 0.2) is 0 Å². The monoisotopic (exact) mass is 282 g/mol. The summed E-state index contributed by atoms with van der Waals surface area (Å²) in [6, 6.07) is 0. The first-order chi connectivity index (χ1) is 8.12. The largest absolute Gasteiger partial charge is 0.390 e. The quantitative estimate of drug-likeness (QED) is 0.520. The summed E-state index contributed by atoms with van der Waals surface area (Å²) < 4.78 is 80.8. The Morgan fingerprint density at radius 2 is 1.50 bits per heavy atom. The molecule has 1 N–H and O–H groups in total. The highest BCUT2D eigenvalue weighted by Gasteiger charge is 2.71. The lowest BCUT2D eigenvalue weighted by Crippen LogP contribution is -2.57. The summed E-state index contributed by atoms with van der Waals surface area (Å²) >= 11 is 0. The van der Waals surface area contributed by atoms with E-state index in [-0.39, 0.29) is 6.61 Å². The van der Waals surface area contributed by atoms with Gasteiger partial charge in [0.2, 0.25) is 0 Å². The summed E-state index contributed by atoms with van der Waals surface area (Å²) in [4.78, 5) is 0. The second kappa shape index (κ2) is 6.60. The summed E-state index contributed by atoms with van der Waals surface area (Å²) in [5.74, 6) is -15.9. The number of hydrogen-bond donors (Lipinski definition) is 1. The first-order valence-electron chi connectivity index (χ1n) is 5.44. The molecule has 2 nitrogen and oxygen atoms in total. The number of rotatable bonds is 9. The molecule has 0 fully saturated rings. The second-order valence-corrected chi connectivity index (χ2v) is 3.90. The highest BCUT2D eigenvalue weighted by atomic mass is 19.3. The molecule has 0 aromatic carbocycles. The third kappa shape index (κ3) is 4.01. The van der Waals surface area contributed by atoms with E-state index in [9.17, 15) is 26.3 Å². The second-order valence-electron chi connectivity index (χ2n) is 3.90. The Hall–Kier alpha value is -0.500. The van der Waals surface area contributed by atoms with E-state index in [1.807, 2.05) is 6.92 Å². The third-order valence-electron chi connectivity index (χ3n) is 2.29. The number of aliphatic hydroxyl groups is 1. The van der Waals surface area contributed by atoms with Crippen molar-refractivity contribution in [3.05, 3.63) is 0 Å². The van der Waals surface area contributed by atoms with Crippen molar-refractivity contribution in [2.24, 2.45) is 0 Å². The molecule has 0 unspecified atom stereocenters. The van der Waals surface area contributed by atoms with Crippen molar-refractivity contribution in [3.8, 4) is 0 Å². The molecular weight excluding hydrogens is 266 g/mol. The Morgan fingerprint density at radius 1 is 0.944 bits per heavy atom. The molecule has 0 amide bonds. The van der Waals surface area contributed by atoms with E-state index in [1.54, 1.807) is 0 Å². The van der Waals surface area contributed by atoms with Crippen LogP contribution in [0.2, 0.25) is 0 Å². The predicted molar refractivity (Wildman–Crippen MR) is 52.3 cm³/mol. The molecule has 0 aromatic rings. The van der Waals surface area contributed by atoms with Crippen LogP contribution in [-0.4, -0.2) is 42.7 Å². The van der Waals surface area contributed by atoms with Crippen LogP contribution >= 0.6 is 0 Å². The first kappa shape index (κ1) is 17.5. The zero-order valence-electron chi connectivity index (χ0n) is 9.87. The van der Waals surface area contributed by atoms with E-state index in [0.29, 0.717) is 12.8 Å². The molecule has 0 saturated heterocycles. The summed E-state index contributed by atoms with van der Waals surface area (Å²) in [5.41, 5.74) is 0. The van der Waals surface area contributed by atoms with E-state index in [1.165, 1.54) is 0 Å². The van der Waals surface area contributed by atoms with E-state index < -0.39 is 31.0 Å². The molecule has 0 aliphatic rings. The van der Waals surface area contributed by atoms with Gasteiger partial charge >= 0.3 is 17.8 Å². The van der Waals surface area contributed by atoms with Crippen molar-refractivity contribution < 1.29 is 36.2 Å². The number of unbranched alkanes of at least 4 members (excludes halogenated alkanes) is 2. The Balaban J connectivity index is 4.42. The number of hydrogen-bond acceptors (Lipinski definition) is 2. The number of halogens is 6. The van der Waals surface area contributed by atoms with Gasteiger partial charge in [-0.2, -0.15) is 26.3 Å². The number of aliphatic hydroxyl groups excluding tert-OH is 1. The van der Waals surface area contributed by atoms with E-state index in [4.69, 9.17) is 5.11 Å². The zero-order valence-corrected chi connectivity index (χ0v) is 9.87. The molecule has 0 aromatic heterocycles. The summed E-state index contributed by atoms with van der Waals surface area (Å²) in [6.07, 6.45) is 1.82. The summed E-state index contributed by atoms with van der Waals surface area (Å²) in [7, 11) is 0. The maximum absolute atomic E-state index is 12.9. The van der Waals surface area contributed by atoms with Crippen molar-refractivity contribution in [2.75, 3.05) is 19.8 Å². The highest BCUT2D eigenvalue weighted by Crippen LogP contribution is 2.45. The van der Waals surface area contributed by atoms with Crippen LogP contribution in [0.25, 0.3) is 0 Å². The molecule has 0 heterocycles. The van der Waals surface area contributed by atoms with E-state index in [0.717, 1.165) is 6.42 Å². The third-order valence-corrected chi connectivity index (χ3v) is 2.29. The molecular formula is C10H16F6O2. The van der Waals surface area contributed by atoms with Gasteiger partial charge in [0.05, 0.1) is 0 Å². The van der Waals surface area contributed by atoms with Gasteiger partial charge in [-0.25, -0.2) is 0 Å². The SMILES string of the molecule is CCCCCOCC(F)(F)C(F)(F)C(F)(F)CO. The maximum Gasteiger partial charge on any atom is 0.376 e. The summed E-state index contributed by atoms with van der Waals surface area (Å²) in [6.45, 7) is -2.53. The average Bonchev–Trinajstić information content (AvgIpc) is 2.28.